The summed E-state index contributed by atoms with van der Waals surface area (Å²) in [4.78, 5) is 4.14. The lowest BCUT2D eigenvalue weighted by Gasteiger charge is -2.38. The maximum atomic E-state index is 5.18. The molecule has 2 rings (SSSR count). The van der Waals surface area contributed by atoms with Crippen LogP contribution in [0, 0.1) is 12.3 Å². The second kappa shape index (κ2) is 4.28. The Labute approximate surface area is 89.2 Å². The number of aryl methyl sites for hydroxylation is 1. The van der Waals surface area contributed by atoms with Gasteiger partial charge >= 0.3 is 0 Å². The Morgan fingerprint density at radius 3 is 2.80 bits per heavy atom. The number of nitrogens with one attached hydrogen (secondary N) is 1. The predicted molar refractivity (Wildman–Crippen MR) is 54.5 cm³/mol. The number of rotatable bonds is 5. The lowest BCUT2D eigenvalue weighted by atomic mass is 9.89. The summed E-state index contributed by atoms with van der Waals surface area (Å²) >= 11 is 0. The van der Waals surface area contributed by atoms with Gasteiger partial charge in [0.25, 0.3) is 0 Å². The molecule has 0 bridgehead atoms. The first-order chi connectivity index (χ1) is 7.18. The van der Waals surface area contributed by atoms with Gasteiger partial charge in [-0.1, -0.05) is 12.1 Å². The number of hydrogen-bond acceptors (Lipinski definition) is 5. The third-order valence-electron chi connectivity index (χ3n) is 2.55. The van der Waals surface area contributed by atoms with E-state index in [1.807, 2.05) is 0 Å². The molecular weight excluding hydrogens is 194 g/mol. The van der Waals surface area contributed by atoms with E-state index in [0.29, 0.717) is 11.3 Å². The Hall–Kier alpha value is -0.940. The maximum absolute atomic E-state index is 5.18. The Morgan fingerprint density at radius 1 is 1.47 bits per heavy atom. The number of hydrogen-bond donors (Lipinski definition) is 1. The van der Waals surface area contributed by atoms with Gasteiger partial charge in [0.15, 0.2) is 5.82 Å². The van der Waals surface area contributed by atoms with Crippen molar-refractivity contribution < 1.29 is 9.26 Å². The molecule has 0 unspecified atom stereocenters. The summed E-state index contributed by atoms with van der Waals surface area (Å²) in [6, 6.07) is 0. The molecule has 0 spiro atoms. The van der Waals surface area contributed by atoms with Gasteiger partial charge in [-0.15, -0.1) is 0 Å². The largest absolute Gasteiger partial charge is 0.380 e. The highest BCUT2D eigenvalue weighted by atomic mass is 16.5. The van der Waals surface area contributed by atoms with Crippen molar-refractivity contribution in [1.29, 1.82) is 0 Å². The predicted octanol–water partition coefficient (Wildman–Crippen LogP) is 0.547. The minimum absolute atomic E-state index is 0.327. The van der Waals surface area contributed by atoms with Crippen LogP contribution in [0.4, 0.5) is 0 Å². The summed E-state index contributed by atoms with van der Waals surface area (Å²) in [5.41, 5.74) is 0.327. The van der Waals surface area contributed by atoms with Crippen molar-refractivity contribution >= 4 is 0 Å². The van der Waals surface area contributed by atoms with E-state index < -0.39 is 0 Å². The van der Waals surface area contributed by atoms with Crippen LogP contribution in [-0.2, 0) is 11.2 Å². The van der Waals surface area contributed by atoms with Crippen molar-refractivity contribution in [2.75, 3.05) is 26.3 Å². The minimum atomic E-state index is 0.327. The van der Waals surface area contributed by atoms with Crippen LogP contribution in [0.5, 0.6) is 0 Å². The molecule has 5 nitrogen and oxygen atoms in total. The van der Waals surface area contributed by atoms with E-state index in [2.05, 4.69) is 22.4 Å². The second-order valence-corrected chi connectivity index (χ2v) is 4.46. The highest BCUT2D eigenvalue weighted by molar-refractivity contribution is 4.86. The average Bonchev–Trinajstić information content (AvgIpc) is 2.56. The van der Waals surface area contributed by atoms with Crippen molar-refractivity contribution in [3.05, 3.63) is 11.7 Å². The summed E-state index contributed by atoms with van der Waals surface area (Å²) in [7, 11) is 0. The molecule has 15 heavy (non-hydrogen) atoms. The van der Waals surface area contributed by atoms with Crippen LogP contribution < -0.4 is 5.32 Å². The SMILES string of the molecule is Cc1nc(CCNCC2(C)COC2)no1. The Kier molecular flexibility index (Phi) is 3.02. The fraction of sp³-hybridized carbons (Fsp3) is 0.800. The molecule has 5 heteroatoms. The van der Waals surface area contributed by atoms with E-state index >= 15 is 0 Å². The summed E-state index contributed by atoms with van der Waals surface area (Å²) in [6.45, 7) is 7.62. The fourth-order valence-electron chi connectivity index (χ4n) is 1.59. The Balaban J connectivity index is 1.63. The molecule has 0 aliphatic carbocycles. The number of ether oxygens (including phenoxy) is 1. The van der Waals surface area contributed by atoms with Gasteiger partial charge in [0.2, 0.25) is 5.89 Å². The van der Waals surface area contributed by atoms with Crippen molar-refractivity contribution in [1.82, 2.24) is 15.5 Å². The molecule has 2 heterocycles. The molecule has 1 aromatic rings. The number of nitrogens with zero attached hydrogens (tertiary/aromatic N) is 2. The van der Waals surface area contributed by atoms with E-state index in [9.17, 15) is 0 Å². The summed E-state index contributed by atoms with van der Waals surface area (Å²) in [6.07, 6.45) is 0.814. The van der Waals surface area contributed by atoms with E-state index in [0.717, 1.165) is 38.5 Å². The van der Waals surface area contributed by atoms with E-state index in [-0.39, 0.29) is 0 Å². The minimum Gasteiger partial charge on any atom is -0.380 e. The van der Waals surface area contributed by atoms with Crippen LogP contribution in [-0.4, -0.2) is 36.4 Å². The zero-order valence-corrected chi connectivity index (χ0v) is 9.25. The zero-order valence-electron chi connectivity index (χ0n) is 9.25. The summed E-state index contributed by atoms with van der Waals surface area (Å²) in [5.74, 6) is 1.40. The lowest BCUT2D eigenvalue weighted by molar-refractivity contribution is -0.0988. The topological polar surface area (TPSA) is 60.2 Å². The van der Waals surface area contributed by atoms with Gasteiger partial charge in [0, 0.05) is 31.8 Å². The van der Waals surface area contributed by atoms with Crippen LogP contribution in [0.15, 0.2) is 4.52 Å². The highest BCUT2D eigenvalue weighted by Crippen LogP contribution is 2.24. The van der Waals surface area contributed by atoms with Crippen LogP contribution in [0.1, 0.15) is 18.6 Å². The summed E-state index contributed by atoms with van der Waals surface area (Å²) in [5, 5.41) is 7.22. The summed E-state index contributed by atoms with van der Waals surface area (Å²) < 4.78 is 10.1. The molecule has 1 aliphatic rings. The fourth-order valence-corrected chi connectivity index (χ4v) is 1.59. The quantitative estimate of drug-likeness (QED) is 0.720. The normalized spacial score (nSPS) is 18.8. The first kappa shape index (κ1) is 10.6. The van der Waals surface area contributed by atoms with Gasteiger partial charge in [-0.05, 0) is 0 Å². The molecule has 0 saturated carbocycles. The van der Waals surface area contributed by atoms with E-state index in [1.54, 1.807) is 6.92 Å². The second-order valence-electron chi connectivity index (χ2n) is 4.46. The van der Waals surface area contributed by atoms with Crippen molar-refractivity contribution in [2.45, 2.75) is 20.3 Å². The van der Waals surface area contributed by atoms with Crippen molar-refractivity contribution in [3.8, 4) is 0 Å². The van der Waals surface area contributed by atoms with Gasteiger partial charge < -0.3 is 14.6 Å². The van der Waals surface area contributed by atoms with E-state index in [4.69, 9.17) is 9.26 Å². The standard InChI is InChI=1S/C10H17N3O2/c1-8-12-9(13-15-8)3-4-11-5-10(2)6-14-7-10/h11H,3-7H2,1-2H3. The molecule has 1 aromatic heterocycles. The monoisotopic (exact) mass is 211 g/mol. The van der Waals surface area contributed by atoms with Crippen molar-refractivity contribution in [2.24, 2.45) is 5.41 Å². The maximum Gasteiger partial charge on any atom is 0.223 e. The number of aromatic nitrogens is 2. The molecule has 1 fully saturated rings. The molecule has 0 aromatic carbocycles. The molecule has 84 valence electrons. The molecule has 0 atom stereocenters. The Morgan fingerprint density at radius 2 is 2.27 bits per heavy atom. The molecule has 1 N–H and O–H groups in total. The van der Waals surface area contributed by atoms with Gasteiger partial charge in [-0.25, -0.2) is 0 Å². The van der Waals surface area contributed by atoms with Crippen LogP contribution >= 0.6 is 0 Å². The molecular formula is C10H17N3O2. The van der Waals surface area contributed by atoms with Crippen LogP contribution in [0.2, 0.25) is 0 Å². The average molecular weight is 211 g/mol. The van der Waals surface area contributed by atoms with E-state index in [1.165, 1.54) is 0 Å². The Bertz CT molecular complexity index is 320. The van der Waals surface area contributed by atoms with Gasteiger partial charge in [-0.2, -0.15) is 4.98 Å². The van der Waals surface area contributed by atoms with Crippen LogP contribution in [0.25, 0.3) is 0 Å². The third-order valence-corrected chi connectivity index (χ3v) is 2.55. The van der Waals surface area contributed by atoms with Gasteiger partial charge in [0.05, 0.1) is 13.2 Å². The molecule has 1 saturated heterocycles. The first-order valence-corrected chi connectivity index (χ1v) is 5.26. The first-order valence-electron chi connectivity index (χ1n) is 5.26. The lowest BCUT2D eigenvalue weighted by Crippen LogP contribution is -2.47. The van der Waals surface area contributed by atoms with Crippen molar-refractivity contribution in [3.63, 3.8) is 0 Å². The molecule has 0 radical (unpaired) electrons. The smallest absolute Gasteiger partial charge is 0.223 e. The van der Waals surface area contributed by atoms with Gasteiger partial charge in [0.1, 0.15) is 0 Å². The van der Waals surface area contributed by atoms with Gasteiger partial charge in [-0.3, -0.25) is 0 Å². The highest BCUT2D eigenvalue weighted by Gasteiger charge is 2.32. The molecule has 0 amide bonds. The third kappa shape index (κ3) is 2.76. The molecule has 1 aliphatic heterocycles. The zero-order chi connectivity index (χ0) is 10.7. The van der Waals surface area contributed by atoms with Crippen LogP contribution in [0.3, 0.4) is 0 Å².